The van der Waals surface area contributed by atoms with Crippen LogP contribution in [0, 0.1) is 12.7 Å². The predicted octanol–water partition coefficient (Wildman–Crippen LogP) is 3.35. The molecule has 0 saturated carbocycles. The van der Waals surface area contributed by atoms with Crippen LogP contribution in [0.25, 0.3) is 0 Å². The van der Waals surface area contributed by atoms with Crippen LogP contribution in [0.2, 0.25) is 0 Å². The number of rotatable bonds is 4. The summed E-state index contributed by atoms with van der Waals surface area (Å²) in [6.07, 6.45) is 0. The standard InChI is InChI=1S/C15H17FN2O2/c1-4-18(15(19)14-9-10(2)20-17-14)11(3)12-5-7-13(16)8-6-12/h5-9,11H,4H2,1-3H3/t11-/m1/s1. The normalized spacial score (nSPS) is 12.2. The number of aromatic nitrogens is 1. The molecule has 1 aromatic carbocycles. The fourth-order valence-corrected chi connectivity index (χ4v) is 2.13. The van der Waals surface area contributed by atoms with Gasteiger partial charge in [-0.25, -0.2) is 4.39 Å². The largest absolute Gasteiger partial charge is 0.361 e. The Labute approximate surface area is 117 Å². The molecular weight excluding hydrogens is 259 g/mol. The van der Waals surface area contributed by atoms with Crippen molar-refractivity contribution in [3.05, 3.63) is 53.2 Å². The van der Waals surface area contributed by atoms with E-state index in [0.717, 1.165) is 5.56 Å². The molecule has 20 heavy (non-hydrogen) atoms. The highest BCUT2D eigenvalue weighted by Crippen LogP contribution is 2.22. The molecule has 106 valence electrons. The fraction of sp³-hybridized carbons (Fsp3) is 0.333. The summed E-state index contributed by atoms with van der Waals surface area (Å²) in [7, 11) is 0. The summed E-state index contributed by atoms with van der Waals surface area (Å²) >= 11 is 0. The lowest BCUT2D eigenvalue weighted by Crippen LogP contribution is -2.33. The molecule has 0 aliphatic rings. The van der Waals surface area contributed by atoms with E-state index in [1.54, 1.807) is 30.0 Å². The quantitative estimate of drug-likeness (QED) is 0.860. The Kier molecular flexibility index (Phi) is 4.17. The van der Waals surface area contributed by atoms with Crippen LogP contribution in [0.1, 0.15) is 41.7 Å². The molecule has 0 aliphatic heterocycles. The Balaban J connectivity index is 2.23. The van der Waals surface area contributed by atoms with E-state index in [-0.39, 0.29) is 17.8 Å². The summed E-state index contributed by atoms with van der Waals surface area (Å²) in [6.45, 7) is 6.07. The van der Waals surface area contributed by atoms with Gasteiger partial charge in [0.2, 0.25) is 0 Å². The smallest absolute Gasteiger partial charge is 0.276 e. The van der Waals surface area contributed by atoms with Crippen LogP contribution in [0.3, 0.4) is 0 Å². The number of hydrogen-bond donors (Lipinski definition) is 0. The van der Waals surface area contributed by atoms with E-state index in [9.17, 15) is 9.18 Å². The van der Waals surface area contributed by atoms with Gasteiger partial charge in [-0.2, -0.15) is 0 Å². The van der Waals surface area contributed by atoms with Crippen LogP contribution in [0.5, 0.6) is 0 Å². The summed E-state index contributed by atoms with van der Waals surface area (Å²) in [4.78, 5) is 14.1. The highest BCUT2D eigenvalue weighted by Gasteiger charge is 2.23. The van der Waals surface area contributed by atoms with Crippen molar-refractivity contribution < 1.29 is 13.7 Å². The molecule has 5 heteroatoms. The van der Waals surface area contributed by atoms with Gasteiger partial charge in [0.25, 0.3) is 5.91 Å². The van der Waals surface area contributed by atoms with E-state index in [4.69, 9.17) is 4.52 Å². The lowest BCUT2D eigenvalue weighted by Gasteiger charge is -2.27. The van der Waals surface area contributed by atoms with Crippen LogP contribution in [0.15, 0.2) is 34.9 Å². The van der Waals surface area contributed by atoms with Crippen molar-refractivity contribution in [3.8, 4) is 0 Å². The van der Waals surface area contributed by atoms with Gasteiger partial charge in [-0.1, -0.05) is 17.3 Å². The van der Waals surface area contributed by atoms with Crippen molar-refractivity contribution in [1.82, 2.24) is 10.1 Å². The van der Waals surface area contributed by atoms with Crippen molar-refractivity contribution in [2.45, 2.75) is 26.8 Å². The lowest BCUT2D eigenvalue weighted by atomic mass is 10.1. The first-order chi connectivity index (χ1) is 9.52. The van der Waals surface area contributed by atoms with Crippen molar-refractivity contribution >= 4 is 5.91 Å². The lowest BCUT2D eigenvalue weighted by molar-refractivity contribution is 0.0691. The molecule has 1 aromatic heterocycles. The second-order valence-corrected chi connectivity index (χ2v) is 4.64. The van der Waals surface area contributed by atoms with Gasteiger partial charge < -0.3 is 9.42 Å². The van der Waals surface area contributed by atoms with Crippen molar-refractivity contribution in [1.29, 1.82) is 0 Å². The molecule has 0 fully saturated rings. The minimum atomic E-state index is -0.289. The van der Waals surface area contributed by atoms with Crippen molar-refractivity contribution in [3.63, 3.8) is 0 Å². The molecule has 0 N–H and O–H groups in total. The Bertz CT molecular complexity index is 592. The van der Waals surface area contributed by atoms with E-state index in [1.807, 2.05) is 13.8 Å². The highest BCUT2D eigenvalue weighted by atomic mass is 19.1. The number of aryl methyl sites for hydroxylation is 1. The maximum Gasteiger partial charge on any atom is 0.276 e. The van der Waals surface area contributed by atoms with E-state index in [0.29, 0.717) is 18.0 Å². The number of carbonyl (C=O) groups excluding carboxylic acids is 1. The molecule has 2 rings (SSSR count). The van der Waals surface area contributed by atoms with E-state index >= 15 is 0 Å². The van der Waals surface area contributed by atoms with Gasteiger partial charge in [0.05, 0.1) is 6.04 Å². The van der Waals surface area contributed by atoms with Gasteiger partial charge in [0.1, 0.15) is 11.6 Å². The second kappa shape index (κ2) is 5.86. The first kappa shape index (κ1) is 14.2. The molecule has 0 unspecified atom stereocenters. The number of halogens is 1. The number of nitrogens with zero attached hydrogens (tertiary/aromatic N) is 2. The minimum Gasteiger partial charge on any atom is -0.361 e. The third-order valence-corrected chi connectivity index (χ3v) is 3.27. The molecule has 0 radical (unpaired) electrons. The average Bonchev–Trinajstić information content (AvgIpc) is 2.86. The third-order valence-electron chi connectivity index (χ3n) is 3.27. The first-order valence-electron chi connectivity index (χ1n) is 6.52. The fourth-order valence-electron chi connectivity index (χ4n) is 2.13. The molecular formula is C15H17FN2O2. The number of carbonyl (C=O) groups is 1. The predicted molar refractivity (Wildman–Crippen MR) is 72.8 cm³/mol. The Hall–Kier alpha value is -2.17. The molecule has 0 saturated heterocycles. The summed E-state index contributed by atoms with van der Waals surface area (Å²) in [6, 6.07) is 7.61. The van der Waals surface area contributed by atoms with Crippen LogP contribution in [-0.2, 0) is 0 Å². The number of amides is 1. The molecule has 0 bridgehead atoms. The summed E-state index contributed by atoms with van der Waals surface area (Å²) in [5.41, 5.74) is 1.17. The molecule has 0 spiro atoms. The van der Waals surface area contributed by atoms with Gasteiger partial charge in [0, 0.05) is 12.6 Å². The molecule has 1 atom stereocenters. The summed E-state index contributed by atoms with van der Waals surface area (Å²) in [5, 5.41) is 3.75. The summed E-state index contributed by atoms with van der Waals surface area (Å²) in [5.74, 6) is 0.113. The topological polar surface area (TPSA) is 46.3 Å². The molecule has 2 aromatic rings. The highest BCUT2D eigenvalue weighted by molar-refractivity contribution is 5.92. The van der Waals surface area contributed by atoms with E-state index in [1.165, 1.54) is 12.1 Å². The van der Waals surface area contributed by atoms with Crippen LogP contribution >= 0.6 is 0 Å². The number of benzene rings is 1. The maximum atomic E-state index is 13.0. The van der Waals surface area contributed by atoms with Gasteiger partial charge in [-0.15, -0.1) is 0 Å². The van der Waals surface area contributed by atoms with Gasteiger partial charge in [-0.05, 0) is 38.5 Å². The van der Waals surface area contributed by atoms with Crippen molar-refractivity contribution in [2.24, 2.45) is 0 Å². The summed E-state index contributed by atoms with van der Waals surface area (Å²) < 4.78 is 17.9. The Morgan fingerprint density at radius 1 is 1.40 bits per heavy atom. The molecule has 1 heterocycles. The molecule has 4 nitrogen and oxygen atoms in total. The molecule has 0 aliphatic carbocycles. The zero-order valence-corrected chi connectivity index (χ0v) is 11.8. The van der Waals surface area contributed by atoms with Crippen LogP contribution in [0.4, 0.5) is 4.39 Å². The first-order valence-corrected chi connectivity index (χ1v) is 6.52. The van der Waals surface area contributed by atoms with Crippen molar-refractivity contribution in [2.75, 3.05) is 6.54 Å². The number of hydrogen-bond acceptors (Lipinski definition) is 3. The zero-order valence-electron chi connectivity index (χ0n) is 11.8. The minimum absolute atomic E-state index is 0.162. The van der Waals surface area contributed by atoms with Crippen LogP contribution < -0.4 is 0 Å². The molecule has 1 amide bonds. The van der Waals surface area contributed by atoms with Gasteiger partial charge in [-0.3, -0.25) is 4.79 Å². The van der Waals surface area contributed by atoms with E-state index < -0.39 is 0 Å². The zero-order chi connectivity index (χ0) is 14.7. The van der Waals surface area contributed by atoms with Gasteiger partial charge in [0.15, 0.2) is 5.69 Å². The Morgan fingerprint density at radius 3 is 2.55 bits per heavy atom. The second-order valence-electron chi connectivity index (χ2n) is 4.64. The SMILES string of the molecule is CCN(C(=O)c1cc(C)on1)[C@H](C)c1ccc(F)cc1. The third kappa shape index (κ3) is 2.87. The maximum absolute atomic E-state index is 13.0. The van der Waals surface area contributed by atoms with Gasteiger partial charge >= 0.3 is 0 Å². The monoisotopic (exact) mass is 276 g/mol. The van der Waals surface area contributed by atoms with E-state index in [2.05, 4.69) is 5.16 Å². The van der Waals surface area contributed by atoms with Crippen LogP contribution in [-0.4, -0.2) is 22.5 Å². The Morgan fingerprint density at radius 2 is 2.05 bits per heavy atom. The average molecular weight is 276 g/mol.